The van der Waals surface area contributed by atoms with Crippen LogP contribution in [0.2, 0.25) is 0 Å². The van der Waals surface area contributed by atoms with Crippen molar-refractivity contribution in [3.8, 4) is 0 Å². The molecule has 1 aliphatic heterocycles. The molecule has 1 fully saturated rings. The summed E-state index contributed by atoms with van der Waals surface area (Å²) in [5, 5.41) is 4.68. The molecular formula is C15H28N4S. The van der Waals surface area contributed by atoms with Crippen LogP contribution in [0, 0.1) is 5.92 Å². The van der Waals surface area contributed by atoms with Crippen LogP contribution in [0.4, 0.5) is 5.13 Å². The van der Waals surface area contributed by atoms with Crippen LogP contribution < -0.4 is 10.2 Å². The van der Waals surface area contributed by atoms with E-state index in [0.717, 1.165) is 32.7 Å². The van der Waals surface area contributed by atoms with E-state index < -0.39 is 0 Å². The minimum Gasteiger partial charge on any atom is -0.345 e. The molecule has 0 amide bonds. The highest BCUT2D eigenvalue weighted by molar-refractivity contribution is 7.15. The van der Waals surface area contributed by atoms with Crippen molar-refractivity contribution in [2.45, 2.75) is 39.8 Å². The molecule has 1 aliphatic rings. The van der Waals surface area contributed by atoms with Crippen molar-refractivity contribution in [3.63, 3.8) is 0 Å². The minimum atomic E-state index is 0.662. The first kappa shape index (κ1) is 15.7. The van der Waals surface area contributed by atoms with E-state index in [2.05, 4.69) is 47.9 Å². The molecule has 1 atom stereocenters. The fourth-order valence-corrected chi connectivity index (χ4v) is 3.48. The number of piperazine rings is 1. The zero-order valence-corrected chi connectivity index (χ0v) is 14.0. The highest BCUT2D eigenvalue weighted by Gasteiger charge is 2.24. The molecule has 1 aromatic rings. The average molecular weight is 296 g/mol. The quantitative estimate of drug-likeness (QED) is 0.873. The van der Waals surface area contributed by atoms with Gasteiger partial charge in [-0.25, -0.2) is 4.98 Å². The third-order valence-electron chi connectivity index (χ3n) is 3.91. The lowest BCUT2D eigenvalue weighted by Crippen LogP contribution is -2.51. The first-order valence-corrected chi connectivity index (χ1v) is 8.52. The molecule has 0 radical (unpaired) electrons. The van der Waals surface area contributed by atoms with E-state index in [1.165, 1.54) is 16.4 Å². The molecule has 1 unspecified atom stereocenters. The Morgan fingerprint density at radius 3 is 2.95 bits per heavy atom. The predicted octanol–water partition coefficient (Wildman–Crippen LogP) is 2.42. The van der Waals surface area contributed by atoms with E-state index in [9.17, 15) is 0 Å². The van der Waals surface area contributed by atoms with Gasteiger partial charge in [0.05, 0.1) is 0 Å². The topological polar surface area (TPSA) is 31.4 Å². The molecule has 0 saturated carbocycles. The molecule has 2 heterocycles. The normalized spacial score (nSPS) is 20.9. The standard InChI is InChI=1S/C15H28N4S/c1-5-13-11-19(7-6-18(13)4)15-17-10-14(20-15)9-16-8-12(2)3/h10,12-13,16H,5-9,11H2,1-4H3. The van der Waals surface area contributed by atoms with Crippen molar-refractivity contribution in [1.82, 2.24) is 15.2 Å². The number of likely N-dealkylation sites (N-methyl/N-ethyl adjacent to an activating group) is 1. The Hall–Kier alpha value is -0.650. The molecule has 2 rings (SSSR count). The fourth-order valence-electron chi connectivity index (χ4n) is 2.57. The molecule has 1 aromatic heterocycles. The van der Waals surface area contributed by atoms with Crippen LogP contribution in [0.5, 0.6) is 0 Å². The first-order chi connectivity index (χ1) is 9.60. The molecule has 0 aliphatic carbocycles. The van der Waals surface area contributed by atoms with Crippen LogP contribution >= 0.6 is 11.3 Å². The number of aromatic nitrogens is 1. The molecule has 0 bridgehead atoms. The number of hydrogen-bond donors (Lipinski definition) is 1. The van der Waals surface area contributed by atoms with Crippen molar-refractivity contribution >= 4 is 16.5 Å². The SMILES string of the molecule is CCC1CN(c2ncc(CNCC(C)C)s2)CCN1C. The lowest BCUT2D eigenvalue weighted by Gasteiger charge is -2.39. The van der Waals surface area contributed by atoms with Gasteiger partial charge in [-0.1, -0.05) is 20.8 Å². The molecule has 20 heavy (non-hydrogen) atoms. The predicted molar refractivity (Wildman–Crippen MR) is 87.6 cm³/mol. The van der Waals surface area contributed by atoms with E-state index in [1.54, 1.807) is 0 Å². The number of nitrogens with zero attached hydrogens (tertiary/aromatic N) is 3. The number of anilines is 1. The second-order valence-electron chi connectivity index (χ2n) is 6.12. The van der Waals surface area contributed by atoms with Crippen molar-refractivity contribution < 1.29 is 0 Å². The smallest absolute Gasteiger partial charge is 0.185 e. The van der Waals surface area contributed by atoms with Crippen LogP contribution in [-0.2, 0) is 6.54 Å². The highest BCUT2D eigenvalue weighted by atomic mass is 32.1. The van der Waals surface area contributed by atoms with Gasteiger partial charge in [-0.15, -0.1) is 11.3 Å². The van der Waals surface area contributed by atoms with Crippen molar-refractivity contribution in [1.29, 1.82) is 0 Å². The van der Waals surface area contributed by atoms with Gasteiger partial charge >= 0.3 is 0 Å². The van der Waals surface area contributed by atoms with E-state index >= 15 is 0 Å². The van der Waals surface area contributed by atoms with Gasteiger partial charge in [0.1, 0.15) is 0 Å². The van der Waals surface area contributed by atoms with E-state index in [-0.39, 0.29) is 0 Å². The van der Waals surface area contributed by atoms with E-state index in [1.807, 2.05) is 17.5 Å². The Bertz CT molecular complexity index is 404. The lowest BCUT2D eigenvalue weighted by atomic mass is 10.1. The maximum Gasteiger partial charge on any atom is 0.185 e. The second kappa shape index (κ2) is 7.38. The first-order valence-electron chi connectivity index (χ1n) is 7.70. The van der Waals surface area contributed by atoms with Crippen LogP contribution in [-0.4, -0.2) is 49.2 Å². The number of nitrogens with one attached hydrogen (secondary N) is 1. The summed E-state index contributed by atoms with van der Waals surface area (Å²) in [7, 11) is 2.23. The van der Waals surface area contributed by atoms with Crippen LogP contribution in [0.1, 0.15) is 32.1 Å². The van der Waals surface area contributed by atoms with Gasteiger partial charge < -0.3 is 10.2 Å². The molecule has 1 saturated heterocycles. The molecule has 0 spiro atoms. The van der Waals surface area contributed by atoms with Crippen molar-refractivity contribution in [2.75, 3.05) is 38.1 Å². The Morgan fingerprint density at radius 1 is 1.45 bits per heavy atom. The number of rotatable bonds is 6. The summed E-state index contributed by atoms with van der Waals surface area (Å²) >= 11 is 1.84. The number of hydrogen-bond acceptors (Lipinski definition) is 5. The molecule has 0 aromatic carbocycles. The van der Waals surface area contributed by atoms with Gasteiger partial charge in [0.25, 0.3) is 0 Å². The average Bonchev–Trinajstić information content (AvgIpc) is 2.87. The molecule has 5 heteroatoms. The Balaban J connectivity index is 1.88. The van der Waals surface area contributed by atoms with Gasteiger partial charge in [-0.2, -0.15) is 0 Å². The van der Waals surface area contributed by atoms with Gasteiger partial charge in [0.2, 0.25) is 0 Å². The summed E-state index contributed by atoms with van der Waals surface area (Å²) in [6, 6.07) is 0.662. The molecule has 4 nitrogen and oxygen atoms in total. The Kier molecular flexibility index (Phi) is 5.81. The maximum absolute atomic E-state index is 4.62. The van der Waals surface area contributed by atoms with Gasteiger partial charge in [0.15, 0.2) is 5.13 Å². The zero-order chi connectivity index (χ0) is 14.5. The fraction of sp³-hybridized carbons (Fsp3) is 0.800. The summed E-state index contributed by atoms with van der Waals surface area (Å²) in [6.07, 6.45) is 3.24. The number of thiazole rings is 1. The maximum atomic E-state index is 4.62. The van der Waals surface area contributed by atoms with Gasteiger partial charge in [0, 0.05) is 43.3 Å². The minimum absolute atomic E-state index is 0.662. The van der Waals surface area contributed by atoms with Gasteiger partial charge in [-0.3, -0.25) is 4.90 Å². The molecule has 114 valence electrons. The molecule has 1 N–H and O–H groups in total. The van der Waals surface area contributed by atoms with Crippen LogP contribution in [0.15, 0.2) is 6.20 Å². The Morgan fingerprint density at radius 2 is 2.25 bits per heavy atom. The summed E-state index contributed by atoms with van der Waals surface area (Å²) in [5.74, 6) is 0.699. The van der Waals surface area contributed by atoms with Crippen LogP contribution in [0.25, 0.3) is 0 Å². The van der Waals surface area contributed by atoms with Crippen molar-refractivity contribution in [3.05, 3.63) is 11.1 Å². The summed E-state index contributed by atoms with van der Waals surface area (Å²) < 4.78 is 0. The summed E-state index contributed by atoms with van der Waals surface area (Å²) in [4.78, 5) is 10.9. The third kappa shape index (κ3) is 4.17. The highest BCUT2D eigenvalue weighted by Crippen LogP contribution is 2.25. The largest absolute Gasteiger partial charge is 0.345 e. The third-order valence-corrected chi connectivity index (χ3v) is 4.97. The van der Waals surface area contributed by atoms with Crippen molar-refractivity contribution in [2.24, 2.45) is 5.92 Å². The lowest BCUT2D eigenvalue weighted by molar-refractivity contribution is 0.213. The van der Waals surface area contributed by atoms with E-state index in [0.29, 0.717) is 12.0 Å². The second-order valence-corrected chi connectivity index (χ2v) is 7.22. The monoisotopic (exact) mass is 296 g/mol. The zero-order valence-electron chi connectivity index (χ0n) is 13.2. The van der Waals surface area contributed by atoms with E-state index in [4.69, 9.17) is 0 Å². The Labute approximate surface area is 127 Å². The van der Waals surface area contributed by atoms with Crippen LogP contribution in [0.3, 0.4) is 0 Å². The molecular weight excluding hydrogens is 268 g/mol. The summed E-state index contributed by atoms with van der Waals surface area (Å²) in [5.41, 5.74) is 0. The van der Waals surface area contributed by atoms with Gasteiger partial charge in [-0.05, 0) is 25.9 Å². The summed E-state index contributed by atoms with van der Waals surface area (Å²) in [6.45, 7) is 12.1.